The number of aromatic hydroxyl groups is 1. The number of ketones is 1. The van der Waals surface area contributed by atoms with Crippen molar-refractivity contribution in [3.63, 3.8) is 0 Å². The van der Waals surface area contributed by atoms with Gasteiger partial charge in [-0.1, -0.05) is 44.2 Å². The van der Waals surface area contributed by atoms with Crippen LogP contribution in [-0.2, 0) is 20.7 Å². The van der Waals surface area contributed by atoms with E-state index in [2.05, 4.69) is 29.8 Å². The van der Waals surface area contributed by atoms with Gasteiger partial charge in [-0.2, -0.15) is 0 Å². The molecule has 2 aromatic carbocycles. The highest BCUT2D eigenvalue weighted by molar-refractivity contribution is 9.10. The Hall–Kier alpha value is -2.93. The number of carbonyl (C=O) groups is 2. The van der Waals surface area contributed by atoms with Crippen LogP contribution in [0.15, 0.2) is 63.2 Å². The molecule has 36 heavy (non-hydrogen) atoms. The molecule has 2 atom stereocenters. The van der Waals surface area contributed by atoms with E-state index in [-0.39, 0.29) is 23.6 Å². The minimum atomic E-state index is -0.582. The van der Waals surface area contributed by atoms with Crippen molar-refractivity contribution in [3.8, 4) is 11.5 Å². The van der Waals surface area contributed by atoms with E-state index in [0.29, 0.717) is 52.9 Å². The van der Waals surface area contributed by atoms with Gasteiger partial charge in [0.2, 0.25) is 0 Å². The molecule has 0 amide bonds. The van der Waals surface area contributed by atoms with Crippen molar-refractivity contribution in [2.45, 2.75) is 52.9 Å². The van der Waals surface area contributed by atoms with Gasteiger partial charge < -0.3 is 14.6 Å². The van der Waals surface area contributed by atoms with Gasteiger partial charge in [0.15, 0.2) is 11.5 Å². The predicted octanol–water partition coefficient (Wildman–Crippen LogP) is 6.16. The Labute approximate surface area is 220 Å². The Balaban J connectivity index is 1.74. The molecule has 1 saturated carbocycles. The maximum atomic E-state index is 13.5. The number of Topliss-reactive ketones (excluding diaryl/α,β-unsaturated/α-hetero) is 1. The molecule has 0 radical (unpaired) electrons. The molecule has 1 unspecified atom stereocenters. The Kier molecular flexibility index (Phi) is 7.69. The number of esters is 1. The molecule has 2 aromatic rings. The third kappa shape index (κ3) is 5.41. The largest absolute Gasteiger partial charge is 0.503 e. The standard InChI is InChI=1S/C29H32BrNO5/c1-5-35-23-14-19(13-20(30)27(23)33)25-24(28(34)36-12-11-18-9-7-6-8-10-18)17(2)31-21-15-29(3,4)16-22(32)26(21)25/h6-10,13-14,25-26,33H,5,11-12,15-16H2,1-4H3/t25-,26?/m0/s1. The number of rotatable bonds is 7. The molecule has 7 heteroatoms. The van der Waals surface area contributed by atoms with Crippen molar-refractivity contribution in [2.75, 3.05) is 13.2 Å². The lowest BCUT2D eigenvalue weighted by Crippen LogP contribution is -2.44. The van der Waals surface area contributed by atoms with Gasteiger partial charge in [0, 0.05) is 30.2 Å². The summed E-state index contributed by atoms with van der Waals surface area (Å²) in [6.07, 6.45) is 1.67. The van der Waals surface area contributed by atoms with Crippen molar-refractivity contribution in [1.29, 1.82) is 0 Å². The van der Waals surface area contributed by atoms with Crippen LogP contribution in [0, 0.1) is 11.3 Å². The number of halogens is 1. The lowest BCUT2D eigenvalue weighted by molar-refractivity contribution is -0.139. The van der Waals surface area contributed by atoms with Crippen molar-refractivity contribution in [1.82, 2.24) is 0 Å². The van der Waals surface area contributed by atoms with Gasteiger partial charge in [-0.05, 0) is 64.9 Å². The van der Waals surface area contributed by atoms with Crippen LogP contribution in [0.1, 0.15) is 57.6 Å². The molecule has 4 rings (SSSR count). The van der Waals surface area contributed by atoms with E-state index in [9.17, 15) is 14.7 Å². The molecular formula is C29H32BrNO5. The number of ether oxygens (including phenoxy) is 2. The van der Waals surface area contributed by atoms with Crippen LogP contribution in [0.5, 0.6) is 11.5 Å². The second kappa shape index (κ2) is 10.6. The molecule has 0 spiro atoms. The first-order valence-corrected chi connectivity index (χ1v) is 13.1. The molecule has 0 bridgehead atoms. The molecule has 1 aliphatic carbocycles. The second-order valence-corrected chi connectivity index (χ2v) is 11.0. The van der Waals surface area contributed by atoms with Crippen LogP contribution in [0.3, 0.4) is 0 Å². The van der Waals surface area contributed by atoms with Crippen molar-refractivity contribution in [3.05, 3.63) is 69.3 Å². The van der Waals surface area contributed by atoms with Gasteiger partial charge in [-0.15, -0.1) is 0 Å². The summed E-state index contributed by atoms with van der Waals surface area (Å²) in [5, 5.41) is 10.5. The summed E-state index contributed by atoms with van der Waals surface area (Å²) in [6, 6.07) is 13.3. The van der Waals surface area contributed by atoms with E-state index in [4.69, 9.17) is 14.5 Å². The topological polar surface area (TPSA) is 85.2 Å². The minimum Gasteiger partial charge on any atom is -0.503 e. The molecule has 1 N–H and O–H groups in total. The van der Waals surface area contributed by atoms with E-state index in [1.165, 1.54) is 0 Å². The highest BCUT2D eigenvalue weighted by atomic mass is 79.9. The number of benzene rings is 2. The number of nitrogens with zero attached hydrogens (tertiary/aromatic N) is 1. The lowest BCUT2D eigenvalue weighted by atomic mass is 9.63. The molecular weight excluding hydrogens is 522 g/mol. The number of carbonyl (C=O) groups excluding carboxylic acids is 2. The van der Waals surface area contributed by atoms with Crippen LogP contribution in [0.4, 0.5) is 0 Å². The summed E-state index contributed by atoms with van der Waals surface area (Å²) in [5.41, 5.74) is 3.31. The summed E-state index contributed by atoms with van der Waals surface area (Å²) < 4.78 is 11.8. The Bertz CT molecular complexity index is 1230. The molecule has 190 valence electrons. The number of phenolic OH excluding ortho intramolecular Hbond substituents is 1. The average molecular weight is 554 g/mol. The molecule has 1 aliphatic heterocycles. The maximum Gasteiger partial charge on any atom is 0.336 e. The molecule has 6 nitrogen and oxygen atoms in total. The number of hydrogen-bond acceptors (Lipinski definition) is 6. The summed E-state index contributed by atoms with van der Waals surface area (Å²) in [6.45, 7) is 8.34. The fraction of sp³-hybridized carbons (Fsp3) is 0.414. The van der Waals surface area contributed by atoms with Crippen molar-refractivity contribution >= 4 is 33.4 Å². The fourth-order valence-corrected chi connectivity index (χ4v) is 5.70. The first-order valence-electron chi connectivity index (χ1n) is 12.3. The summed E-state index contributed by atoms with van der Waals surface area (Å²) in [7, 11) is 0. The number of aliphatic imine (C=N–C) groups is 1. The molecule has 0 saturated heterocycles. The van der Waals surface area contributed by atoms with E-state index in [0.717, 1.165) is 11.3 Å². The fourth-order valence-electron chi connectivity index (χ4n) is 5.24. The first-order chi connectivity index (χ1) is 17.1. The number of hydrogen-bond donors (Lipinski definition) is 1. The zero-order valence-corrected chi connectivity index (χ0v) is 22.7. The van der Waals surface area contributed by atoms with Crippen LogP contribution in [0.25, 0.3) is 0 Å². The van der Waals surface area contributed by atoms with Gasteiger partial charge in [0.25, 0.3) is 0 Å². The molecule has 2 aliphatic rings. The van der Waals surface area contributed by atoms with Crippen molar-refractivity contribution < 1.29 is 24.2 Å². The maximum absolute atomic E-state index is 13.5. The zero-order chi connectivity index (χ0) is 26.0. The Morgan fingerprint density at radius 2 is 1.89 bits per heavy atom. The van der Waals surface area contributed by atoms with Crippen LogP contribution in [-0.4, -0.2) is 35.8 Å². The number of allylic oxidation sites excluding steroid dienone is 1. The third-order valence-electron chi connectivity index (χ3n) is 6.76. The van der Waals surface area contributed by atoms with Gasteiger partial charge >= 0.3 is 5.97 Å². The quantitative estimate of drug-likeness (QED) is 0.415. The van der Waals surface area contributed by atoms with E-state index < -0.39 is 17.8 Å². The first kappa shape index (κ1) is 26.1. The Morgan fingerprint density at radius 1 is 1.17 bits per heavy atom. The second-order valence-electron chi connectivity index (χ2n) is 10.2. The van der Waals surface area contributed by atoms with Crippen molar-refractivity contribution in [2.24, 2.45) is 16.3 Å². The third-order valence-corrected chi connectivity index (χ3v) is 7.36. The number of fused-ring (bicyclic) bond motifs is 1. The van der Waals surface area contributed by atoms with Crippen LogP contribution < -0.4 is 4.74 Å². The minimum absolute atomic E-state index is 0.0194. The smallest absolute Gasteiger partial charge is 0.336 e. The summed E-state index contributed by atoms with van der Waals surface area (Å²) in [4.78, 5) is 31.8. The molecule has 1 heterocycles. The number of phenols is 1. The average Bonchev–Trinajstić information content (AvgIpc) is 2.81. The summed E-state index contributed by atoms with van der Waals surface area (Å²) in [5.74, 6) is -1.29. The molecule has 1 fully saturated rings. The lowest BCUT2D eigenvalue weighted by Gasteiger charge is -2.41. The van der Waals surface area contributed by atoms with Gasteiger partial charge in [-0.3, -0.25) is 9.79 Å². The van der Waals surface area contributed by atoms with Gasteiger partial charge in [-0.25, -0.2) is 4.79 Å². The van der Waals surface area contributed by atoms with E-state index in [1.54, 1.807) is 19.1 Å². The zero-order valence-electron chi connectivity index (χ0n) is 21.1. The molecule has 0 aromatic heterocycles. The summed E-state index contributed by atoms with van der Waals surface area (Å²) >= 11 is 3.42. The van der Waals surface area contributed by atoms with Gasteiger partial charge in [0.1, 0.15) is 5.78 Å². The van der Waals surface area contributed by atoms with Crippen LogP contribution in [0.2, 0.25) is 0 Å². The van der Waals surface area contributed by atoms with Gasteiger partial charge in [0.05, 0.1) is 29.2 Å². The highest BCUT2D eigenvalue weighted by Gasteiger charge is 2.48. The highest BCUT2D eigenvalue weighted by Crippen LogP contribution is 2.49. The van der Waals surface area contributed by atoms with E-state index in [1.807, 2.05) is 37.3 Å². The Morgan fingerprint density at radius 3 is 2.58 bits per heavy atom. The normalized spacial score (nSPS) is 21.0. The predicted molar refractivity (Wildman–Crippen MR) is 142 cm³/mol. The van der Waals surface area contributed by atoms with Crippen LogP contribution >= 0.6 is 15.9 Å². The van der Waals surface area contributed by atoms with E-state index >= 15 is 0 Å². The SMILES string of the molecule is CCOc1cc([C@H]2C(C(=O)OCCc3ccccc3)=C(C)N=C3CC(C)(C)CC(=O)C32)cc(Br)c1O. The monoisotopic (exact) mass is 553 g/mol.